The normalized spacial score (nSPS) is 16.4. The highest BCUT2D eigenvalue weighted by molar-refractivity contribution is 5.89. The van der Waals surface area contributed by atoms with Crippen LogP contribution in [0.25, 0.3) is 0 Å². The monoisotopic (exact) mass is 365 g/mol. The van der Waals surface area contributed by atoms with Gasteiger partial charge in [0.1, 0.15) is 0 Å². The Hall–Kier alpha value is -2.61. The summed E-state index contributed by atoms with van der Waals surface area (Å²) in [5, 5.41) is 12.6. The Morgan fingerprint density at radius 2 is 1.88 bits per heavy atom. The minimum Gasteiger partial charge on any atom is -0.387 e. The first kappa shape index (κ1) is 18.2. The SMILES string of the molecule is O=C(Nc1ccc(F)c(F)c1F)N1CCC(C(O)c2ccccn2)CC1. The minimum atomic E-state index is -1.63. The Kier molecular flexibility index (Phi) is 5.41. The van der Waals surface area contributed by atoms with Gasteiger partial charge < -0.3 is 15.3 Å². The zero-order valence-electron chi connectivity index (χ0n) is 13.8. The van der Waals surface area contributed by atoms with E-state index in [2.05, 4.69) is 10.3 Å². The van der Waals surface area contributed by atoms with Crippen LogP contribution in [-0.2, 0) is 0 Å². The van der Waals surface area contributed by atoms with Gasteiger partial charge in [-0.25, -0.2) is 18.0 Å². The van der Waals surface area contributed by atoms with Crippen molar-refractivity contribution in [3.05, 3.63) is 59.7 Å². The number of carbonyl (C=O) groups is 1. The third-order valence-corrected chi connectivity index (χ3v) is 4.54. The third-order valence-electron chi connectivity index (χ3n) is 4.54. The van der Waals surface area contributed by atoms with Crippen LogP contribution in [0.4, 0.5) is 23.7 Å². The van der Waals surface area contributed by atoms with Crippen molar-refractivity contribution in [2.24, 2.45) is 5.92 Å². The predicted octanol–water partition coefficient (Wildman–Crippen LogP) is 3.48. The Labute approximate surface area is 148 Å². The quantitative estimate of drug-likeness (QED) is 0.819. The molecule has 1 atom stereocenters. The number of anilines is 1. The highest BCUT2D eigenvalue weighted by Crippen LogP contribution is 2.30. The summed E-state index contributed by atoms with van der Waals surface area (Å²) in [5.41, 5.74) is 0.170. The van der Waals surface area contributed by atoms with Gasteiger partial charge in [-0.3, -0.25) is 4.98 Å². The van der Waals surface area contributed by atoms with Crippen molar-refractivity contribution in [2.45, 2.75) is 18.9 Å². The highest BCUT2D eigenvalue weighted by atomic mass is 19.2. The summed E-state index contributed by atoms with van der Waals surface area (Å²) >= 11 is 0. The molecule has 0 spiro atoms. The fourth-order valence-corrected chi connectivity index (χ4v) is 3.03. The Balaban J connectivity index is 1.58. The number of benzene rings is 1. The molecule has 3 rings (SSSR count). The van der Waals surface area contributed by atoms with Crippen molar-refractivity contribution >= 4 is 11.7 Å². The average molecular weight is 365 g/mol. The van der Waals surface area contributed by atoms with E-state index in [1.54, 1.807) is 24.4 Å². The van der Waals surface area contributed by atoms with Crippen LogP contribution in [0.1, 0.15) is 24.6 Å². The van der Waals surface area contributed by atoms with Crippen LogP contribution < -0.4 is 5.32 Å². The number of aliphatic hydroxyl groups is 1. The van der Waals surface area contributed by atoms with Gasteiger partial charge in [0.2, 0.25) is 0 Å². The lowest BCUT2D eigenvalue weighted by Crippen LogP contribution is -2.42. The van der Waals surface area contributed by atoms with Gasteiger partial charge in [0.15, 0.2) is 17.5 Å². The van der Waals surface area contributed by atoms with Crippen molar-refractivity contribution in [1.29, 1.82) is 0 Å². The lowest BCUT2D eigenvalue weighted by atomic mass is 9.89. The van der Waals surface area contributed by atoms with E-state index in [1.807, 2.05) is 0 Å². The number of nitrogens with zero attached hydrogens (tertiary/aromatic N) is 2. The van der Waals surface area contributed by atoms with Gasteiger partial charge in [-0.1, -0.05) is 6.07 Å². The maximum Gasteiger partial charge on any atom is 0.321 e. The number of hydrogen-bond acceptors (Lipinski definition) is 3. The van der Waals surface area contributed by atoms with Crippen LogP contribution in [0.5, 0.6) is 0 Å². The second-order valence-corrected chi connectivity index (χ2v) is 6.18. The largest absolute Gasteiger partial charge is 0.387 e. The molecule has 2 heterocycles. The van der Waals surface area contributed by atoms with Crippen molar-refractivity contribution in [2.75, 3.05) is 18.4 Å². The number of aromatic nitrogens is 1. The molecule has 0 bridgehead atoms. The Morgan fingerprint density at radius 3 is 2.54 bits per heavy atom. The predicted molar refractivity (Wildman–Crippen MR) is 88.8 cm³/mol. The molecule has 26 heavy (non-hydrogen) atoms. The van der Waals surface area contributed by atoms with E-state index in [-0.39, 0.29) is 5.92 Å². The van der Waals surface area contributed by atoms with Gasteiger partial charge in [-0.2, -0.15) is 0 Å². The maximum atomic E-state index is 13.7. The first-order valence-corrected chi connectivity index (χ1v) is 8.26. The van der Waals surface area contributed by atoms with Gasteiger partial charge in [0.25, 0.3) is 0 Å². The number of piperidine rings is 1. The van der Waals surface area contributed by atoms with Crippen molar-refractivity contribution in [3.63, 3.8) is 0 Å². The summed E-state index contributed by atoms with van der Waals surface area (Å²) in [6.07, 6.45) is 1.99. The summed E-state index contributed by atoms with van der Waals surface area (Å²) in [4.78, 5) is 17.8. The zero-order chi connectivity index (χ0) is 18.7. The van der Waals surface area contributed by atoms with Crippen LogP contribution in [0.2, 0.25) is 0 Å². The molecule has 0 radical (unpaired) electrons. The number of hydrogen-bond donors (Lipinski definition) is 2. The molecular formula is C18H18F3N3O2. The molecular weight excluding hydrogens is 347 g/mol. The van der Waals surface area contributed by atoms with E-state index < -0.39 is 35.3 Å². The molecule has 1 aliphatic rings. The van der Waals surface area contributed by atoms with Gasteiger partial charge in [0, 0.05) is 19.3 Å². The molecule has 8 heteroatoms. The molecule has 5 nitrogen and oxygen atoms in total. The molecule has 1 aliphatic heterocycles. The zero-order valence-corrected chi connectivity index (χ0v) is 13.8. The summed E-state index contributed by atoms with van der Waals surface area (Å²) < 4.78 is 39.8. The second-order valence-electron chi connectivity index (χ2n) is 6.18. The summed E-state index contributed by atoms with van der Waals surface area (Å²) in [6, 6.07) is 6.44. The number of aliphatic hydroxyl groups excluding tert-OH is 1. The molecule has 1 unspecified atom stereocenters. The summed E-state index contributed by atoms with van der Waals surface area (Å²) in [5.74, 6) is -4.42. The van der Waals surface area contributed by atoms with E-state index in [0.717, 1.165) is 12.1 Å². The van der Waals surface area contributed by atoms with Gasteiger partial charge in [-0.05, 0) is 43.0 Å². The number of urea groups is 1. The van der Waals surface area contributed by atoms with Crippen molar-refractivity contribution in [3.8, 4) is 0 Å². The minimum absolute atomic E-state index is 0.0473. The lowest BCUT2D eigenvalue weighted by Gasteiger charge is -2.34. The number of halogens is 3. The fraction of sp³-hybridized carbons (Fsp3) is 0.333. The van der Waals surface area contributed by atoms with Crippen molar-refractivity contribution in [1.82, 2.24) is 9.88 Å². The molecule has 1 aromatic carbocycles. The first-order valence-electron chi connectivity index (χ1n) is 8.26. The smallest absolute Gasteiger partial charge is 0.321 e. The molecule has 0 saturated carbocycles. The molecule has 2 N–H and O–H groups in total. The number of nitrogens with one attached hydrogen (secondary N) is 1. The summed E-state index contributed by atoms with van der Waals surface area (Å²) in [7, 11) is 0. The highest BCUT2D eigenvalue weighted by Gasteiger charge is 2.29. The molecule has 0 aliphatic carbocycles. The van der Waals surface area contributed by atoms with Gasteiger partial charge in [-0.15, -0.1) is 0 Å². The Morgan fingerprint density at radius 1 is 1.15 bits per heavy atom. The van der Waals surface area contributed by atoms with Crippen LogP contribution in [0, 0.1) is 23.4 Å². The number of rotatable bonds is 3. The van der Waals surface area contributed by atoms with Crippen LogP contribution in [-0.4, -0.2) is 34.1 Å². The van der Waals surface area contributed by atoms with Crippen LogP contribution in [0.3, 0.4) is 0 Å². The Bertz CT molecular complexity index is 781. The standard InChI is InChI=1S/C18H18F3N3O2/c19-12-4-5-13(16(21)15(12)20)23-18(26)24-9-6-11(7-10-24)17(25)14-3-1-2-8-22-14/h1-5,8,11,17,25H,6-7,9-10H2,(H,23,26). The van der Waals surface area contributed by atoms with E-state index in [1.165, 1.54) is 4.90 Å². The lowest BCUT2D eigenvalue weighted by molar-refractivity contribution is 0.0652. The van der Waals surface area contributed by atoms with Crippen LogP contribution >= 0.6 is 0 Å². The van der Waals surface area contributed by atoms with Crippen molar-refractivity contribution < 1.29 is 23.1 Å². The number of carbonyl (C=O) groups excluding carboxylic acids is 1. The molecule has 138 valence electrons. The van der Waals surface area contributed by atoms with E-state index in [4.69, 9.17) is 0 Å². The average Bonchev–Trinajstić information content (AvgIpc) is 2.68. The number of pyridine rings is 1. The fourth-order valence-electron chi connectivity index (χ4n) is 3.03. The number of likely N-dealkylation sites (tertiary alicyclic amines) is 1. The number of amides is 2. The molecule has 2 aromatic rings. The first-order chi connectivity index (χ1) is 12.5. The van der Waals surface area contributed by atoms with E-state index in [0.29, 0.717) is 31.6 Å². The van der Waals surface area contributed by atoms with Crippen LogP contribution in [0.15, 0.2) is 36.5 Å². The molecule has 1 aromatic heterocycles. The molecule has 1 fully saturated rings. The third kappa shape index (κ3) is 3.80. The van der Waals surface area contributed by atoms with E-state index >= 15 is 0 Å². The molecule has 1 saturated heterocycles. The van der Waals surface area contributed by atoms with Gasteiger partial charge in [0.05, 0.1) is 17.5 Å². The molecule has 2 amide bonds. The van der Waals surface area contributed by atoms with Gasteiger partial charge >= 0.3 is 6.03 Å². The van der Waals surface area contributed by atoms with E-state index in [9.17, 15) is 23.1 Å². The summed E-state index contributed by atoms with van der Waals surface area (Å²) in [6.45, 7) is 0.706. The maximum absolute atomic E-state index is 13.7. The second kappa shape index (κ2) is 7.74. The topological polar surface area (TPSA) is 65.5 Å².